The zero-order chi connectivity index (χ0) is 60.6. The Balaban J connectivity index is -0.000000486. The van der Waals surface area contributed by atoms with E-state index in [1.807, 2.05) is 0 Å². The van der Waals surface area contributed by atoms with E-state index >= 15 is 0 Å². The van der Waals surface area contributed by atoms with E-state index in [4.69, 9.17) is 0 Å². The number of alkyl halides is 36. The fourth-order valence-electron chi connectivity index (χ4n) is 2.22. The molecular weight excluding hydrogens is 1430 g/mol. The van der Waals surface area contributed by atoms with Crippen molar-refractivity contribution in [3.05, 3.63) is 12.4 Å². The Kier molecular flexibility index (Phi) is 22.2. The van der Waals surface area contributed by atoms with Gasteiger partial charge in [0.15, 0.2) is 60.1 Å². The first-order chi connectivity index (χ1) is 29.9. The van der Waals surface area contributed by atoms with Gasteiger partial charge in [0.1, 0.15) is 0 Å². The summed E-state index contributed by atoms with van der Waals surface area (Å²) in [6, 6.07) is 0. The smallest absolute Gasteiger partial charge is 0.423 e. The molecule has 0 unspecified atom stereocenters. The van der Waals surface area contributed by atoms with Crippen molar-refractivity contribution in [1.29, 1.82) is 0 Å². The van der Waals surface area contributed by atoms with Gasteiger partial charge in [0.05, 0.1) is 0 Å². The standard InChI is InChI=1S/3C5F12NO4S2.La/c3*6-1(7,3(10,11)12)2(8,9)4(13,14)23(19,20)18-24(21,22)5(15,16)17;/q3*-1;+3. The maximum atomic E-state index is 12.9. The number of halogens is 36. The van der Waals surface area contributed by atoms with Gasteiger partial charge in [-0.15, -0.1) is 0 Å². The van der Waals surface area contributed by atoms with E-state index in [1.165, 1.54) is 0 Å². The molecule has 0 rings (SSSR count). The first-order valence-corrected chi connectivity index (χ1v) is 22.0. The molecule has 15 nitrogen and oxygen atoms in total. The first kappa shape index (κ1) is 77.8. The fourth-order valence-corrected chi connectivity index (χ4v) is 8.82. The van der Waals surface area contributed by atoms with Crippen molar-refractivity contribution in [2.75, 3.05) is 0 Å². The molecule has 73 heavy (non-hydrogen) atoms. The van der Waals surface area contributed by atoms with Crippen LogP contribution in [0, 0.1) is 35.6 Å². The summed E-state index contributed by atoms with van der Waals surface area (Å²) in [6.45, 7) is 0. The number of sulfonamides is 6. The molecule has 0 heterocycles. The summed E-state index contributed by atoms with van der Waals surface area (Å²) in [5.74, 6) is -47.0. The SMILES string of the molecule is O=S(=O)([N-]S(=O)(=O)C(F)(F)C(F)(F)C(F)(F)C(F)(F)F)C(F)(F)F.O=S(=O)([N-]S(=O)(=O)C(F)(F)C(F)(F)C(F)(F)C(F)(F)F)C(F)(F)F.O=S(=O)([N-]S(=O)(=O)C(F)(F)C(F)(F)C(F)(F)C(F)(F)F)C(F)(F)F.[La+3]. The van der Waals surface area contributed by atoms with Crippen molar-refractivity contribution in [2.24, 2.45) is 0 Å². The molecule has 0 saturated heterocycles. The van der Waals surface area contributed by atoms with Crippen LogP contribution in [-0.2, 0) is 60.1 Å². The predicted octanol–water partition coefficient (Wildman–Crippen LogP) is 8.90. The van der Waals surface area contributed by atoms with Gasteiger partial charge in [0.2, 0.25) is 0 Å². The average Bonchev–Trinajstić information content (AvgIpc) is 3.03. The summed E-state index contributed by atoms with van der Waals surface area (Å²) in [5, 5.41) is -23.0. The third-order valence-corrected chi connectivity index (χ3v) is 15.0. The molecule has 0 aliphatic carbocycles. The Morgan fingerprint density at radius 3 is 0.384 bits per heavy atom. The number of hydrogen-bond donors (Lipinski definition) is 0. The second kappa shape index (κ2) is 20.8. The Hall–Kier alpha value is -1.75. The Labute approximate surface area is 401 Å². The maximum Gasteiger partial charge on any atom is 3.00 e. The van der Waals surface area contributed by atoms with Crippen LogP contribution in [0.2, 0.25) is 0 Å². The number of hydrogen-bond acceptors (Lipinski definition) is 12. The maximum absolute atomic E-state index is 12.9. The van der Waals surface area contributed by atoms with Crippen LogP contribution in [0.4, 0.5) is 158 Å². The molecule has 0 spiro atoms. The average molecular weight is 1430 g/mol. The van der Waals surface area contributed by atoms with E-state index in [1.54, 1.807) is 0 Å². The minimum Gasteiger partial charge on any atom is -0.423 e. The zero-order valence-electron chi connectivity index (χ0n) is 30.4. The topological polar surface area (TPSA) is 247 Å². The summed E-state index contributed by atoms with van der Waals surface area (Å²) < 4.78 is 565. The second-order valence-corrected chi connectivity index (χ2v) is 21.3. The molecule has 0 N–H and O–H groups in total. The minimum atomic E-state index is -8.05. The van der Waals surface area contributed by atoms with Gasteiger partial charge in [-0.25, -0.2) is 50.5 Å². The van der Waals surface area contributed by atoms with Gasteiger partial charge in [-0.05, 0) is 0 Å². The van der Waals surface area contributed by atoms with Crippen molar-refractivity contribution < 1.29 is 244 Å². The quantitative estimate of drug-likeness (QED) is 0.140. The van der Waals surface area contributed by atoms with Crippen molar-refractivity contribution in [3.8, 4) is 0 Å². The summed E-state index contributed by atoms with van der Waals surface area (Å²) in [7, 11) is -46.6. The van der Waals surface area contributed by atoms with E-state index in [0.29, 0.717) is 12.4 Å². The van der Waals surface area contributed by atoms with Crippen molar-refractivity contribution >= 4 is 60.1 Å². The van der Waals surface area contributed by atoms with E-state index < -0.39 is 146 Å². The molecule has 0 aliphatic rings. The summed E-state index contributed by atoms with van der Waals surface area (Å²) >= 11 is 0. The Bertz CT molecular complexity index is 2360. The number of rotatable bonds is 15. The molecule has 0 aromatic heterocycles. The Morgan fingerprint density at radius 2 is 0.301 bits per heavy atom. The third-order valence-electron chi connectivity index (χ3n) is 5.79. The van der Waals surface area contributed by atoms with Crippen molar-refractivity contribution in [3.63, 3.8) is 0 Å². The van der Waals surface area contributed by atoms with Crippen molar-refractivity contribution in [1.82, 2.24) is 0 Å². The van der Waals surface area contributed by atoms with Gasteiger partial charge in [0.25, 0.3) is 0 Å². The molecule has 0 saturated carbocycles. The predicted molar refractivity (Wildman–Crippen MR) is 144 cm³/mol. The van der Waals surface area contributed by atoms with Gasteiger partial charge in [-0.1, -0.05) is 0 Å². The molecule has 58 heteroatoms. The van der Waals surface area contributed by atoms with Crippen LogP contribution >= 0.6 is 0 Å². The second-order valence-electron chi connectivity index (χ2n) is 10.9. The van der Waals surface area contributed by atoms with Gasteiger partial charge in [0, 0.05) is 0 Å². The van der Waals surface area contributed by atoms with Gasteiger partial charge < -0.3 is 12.4 Å². The van der Waals surface area contributed by atoms with Gasteiger partial charge >= 0.3 is 122 Å². The van der Waals surface area contributed by atoms with E-state index in [9.17, 15) is 209 Å². The van der Waals surface area contributed by atoms with Crippen LogP contribution in [0.1, 0.15) is 0 Å². The largest absolute Gasteiger partial charge is 3.00 e. The molecule has 0 aromatic rings. The van der Waals surface area contributed by atoms with Crippen LogP contribution in [0.25, 0.3) is 12.4 Å². The fraction of sp³-hybridized carbons (Fsp3) is 1.00. The van der Waals surface area contributed by atoms with Crippen molar-refractivity contribution in [2.45, 2.75) is 86.4 Å². The summed E-state index contributed by atoms with van der Waals surface area (Å²) in [4.78, 5) is 0. The molecule has 0 bridgehead atoms. The van der Waals surface area contributed by atoms with E-state index in [0.717, 1.165) is 0 Å². The molecule has 0 radical (unpaired) electrons. The summed E-state index contributed by atoms with van der Waals surface area (Å²) in [6.07, 6.45) is -22.4. The van der Waals surface area contributed by atoms with Crippen LogP contribution < -0.4 is 0 Å². The zero-order valence-corrected chi connectivity index (χ0v) is 38.9. The molecular formula is C15F36LaN3O12S6. The molecule has 0 amide bonds. The van der Waals surface area contributed by atoms with Crippen LogP contribution in [0.3, 0.4) is 0 Å². The minimum absolute atomic E-state index is 0. The first-order valence-electron chi connectivity index (χ1n) is 13.4. The van der Waals surface area contributed by atoms with E-state index in [2.05, 4.69) is 0 Å². The normalized spacial score (nSPS) is 16.1. The molecule has 438 valence electrons. The molecule has 0 aliphatic heterocycles. The molecule has 0 aromatic carbocycles. The van der Waals surface area contributed by atoms with Crippen LogP contribution in [0.15, 0.2) is 0 Å². The number of nitrogens with zero attached hydrogens (tertiary/aromatic N) is 3. The van der Waals surface area contributed by atoms with Gasteiger partial charge in [-0.2, -0.15) is 158 Å². The third kappa shape index (κ3) is 14.3. The monoisotopic (exact) mass is 1430 g/mol. The van der Waals surface area contributed by atoms with Crippen LogP contribution in [0.5, 0.6) is 0 Å². The molecule has 0 fully saturated rings. The summed E-state index contributed by atoms with van der Waals surface area (Å²) in [5.41, 5.74) is -20.3. The molecule has 0 atom stereocenters. The Morgan fingerprint density at radius 1 is 0.192 bits per heavy atom. The van der Waals surface area contributed by atoms with Gasteiger partial charge in [-0.3, -0.25) is 0 Å². The van der Waals surface area contributed by atoms with Crippen LogP contribution in [-0.4, -0.2) is 137 Å². The van der Waals surface area contributed by atoms with E-state index in [-0.39, 0.29) is 35.6 Å².